The highest BCUT2D eigenvalue weighted by molar-refractivity contribution is 6.22. The fraction of sp³-hybridized carbons (Fsp3) is 0.417. The Morgan fingerprint density at radius 1 is 1.33 bits per heavy atom. The molecule has 80 valence electrons. The van der Waals surface area contributed by atoms with Gasteiger partial charge < -0.3 is 4.74 Å². The van der Waals surface area contributed by atoms with E-state index in [1.165, 1.54) is 0 Å². The highest BCUT2D eigenvalue weighted by atomic mass is 35.5. The van der Waals surface area contributed by atoms with Crippen LogP contribution in [0, 0.1) is 11.3 Å². The van der Waals surface area contributed by atoms with Crippen molar-refractivity contribution in [1.82, 2.24) is 0 Å². The minimum absolute atomic E-state index is 0.0285. The molecule has 0 heterocycles. The molecule has 2 unspecified atom stereocenters. The Morgan fingerprint density at radius 2 is 2.00 bits per heavy atom. The predicted molar refractivity (Wildman–Crippen MR) is 60.7 cm³/mol. The van der Waals surface area contributed by atoms with Gasteiger partial charge in [0.25, 0.3) is 0 Å². The van der Waals surface area contributed by atoms with Crippen LogP contribution in [0.4, 0.5) is 0 Å². The Kier molecular flexibility index (Phi) is 5.17. The molecule has 1 rings (SSSR count). The molecule has 0 spiro atoms. The summed E-state index contributed by atoms with van der Waals surface area (Å²) >= 11 is 5.74. The van der Waals surface area contributed by atoms with Gasteiger partial charge in [0.15, 0.2) is 0 Å². The molecule has 15 heavy (non-hydrogen) atoms. The fourth-order valence-corrected chi connectivity index (χ4v) is 1.58. The molecule has 2 nitrogen and oxygen atoms in total. The number of ether oxygens (including phenoxy) is 1. The van der Waals surface area contributed by atoms with Gasteiger partial charge in [0, 0.05) is 7.11 Å². The summed E-state index contributed by atoms with van der Waals surface area (Å²) in [6.07, 6.45) is 1.44. The van der Waals surface area contributed by atoms with Crippen LogP contribution in [0.5, 0.6) is 0 Å². The summed E-state index contributed by atoms with van der Waals surface area (Å²) in [6.45, 7) is 0. The Hall–Kier alpha value is -1.04. The Labute approximate surface area is 95.4 Å². The van der Waals surface area contributed by atoms with Crippen molar-refractivity contribution in [2.75, 3.05) is 7.11 Å². The molecule has 0 amide bonds. The highest BCUT2D eigenvalue weighted by Crippen LogP contribution is 2.23. The summed E-state index contributed by atoms with van der Waals surface area (Å²) in [5.41, 5.74) is 1.13. The molecule has 0 aromatic heterocycles. The second-order valence-electron chi connectivity index (χ2n) is 3.31. The van der Waals surface area contributed by atoms with Gasteiger partial charge in [0.2, 0.25) is 0 Å². The monoisotopic (exact) mass is 223 g/mol. The van der Waals surface area contributed by atoms with Gasteiger partial charge in [-0.05, 0) is 18.4 Å². The van der Waals surface area contributed by atoms with Gasteiger partial charge in [-0.15, -0.1) is 11.6 Å². The molecular formula is C12H14ClNO. The second-order valence-corrected chi connectivity index (χ2v) is 3.84. The molecule has 0 saturated heterocycles. The van der Waals surface area contributed by atoms with Crippen molar-refractivity contribution in [2.45, 2.75) is 24.3 Å². The first-order valence-corrected chi connectivity index (χ1v) is 5.33. The van der Waals surface area contributed by atoms with Gasteiger partial charge in [-0.2, -0.15) is 5.26 Å². The number of alkyl halides is 1. The zero-order valence-corrected chi connectivity index (χ0v) is 9.45. The minimum atomic E-state index is -0.425. The summed E-state index contributed by atoms with van der Waals surface area (Å²) in [6, 6.07) is 12.0. The lowest BCUT2D eigenvalue weighted by atomic mass is 10.0. The van der Waals surface area contributed by atoms with Crippen molar-refractivity contribution in [3.8, 4) is 6.07 Å². The van der Waals surface area contributed by atoms with E-state index in [9.17, 15) is 0 Å². The van der Waals surface area contributed by atoms with E-state index in [1.54, 1.807) is 7.11 Å². The number of hydrogen-bond donors (Lipinski definition) is 0. The van der Waals surface area contributed by atoms with Crippen molar-refractivity contribution in [3.63, 3.8) is 0 Å². The molecule has 1 aromatic carbocycles. The smallest absolute Gasteiger partial charge is 0.120 e. The number of hydrogen-bond acceptors (Lipinski definition) is 2. The topological polar surface area (TPSA) is 33.0 Å². The summed E-state index contributed by atoms with van der Waals surface area (Å²) in [4.78, 5) is 0. The lowest BCUT2D eigenvalue weighted by Gasteiger charge is -2.15. The Morgan fingerprint density at radius 3 is 2.53 bits per heavy atom. The molecule has 2 atom stereocenters. The molecular weight excluding hydrogens is 210 g/mol. The SMILES string of the molecule is COC(CCC(Cl)C#N)c1ccccc1. The van der Waals surface area contributed by atoms with Gasteiger partial charge in [-0.1, -0.05) is 30.3 Å². The number of methoxy groups -OCH3 is 1. The number of nitriles is 1. The molecule has 0 aliphatic heterocycles. The van der Waals surface area contributed by atoms with Crippen molar-refractivity contribution in [1.29, 1.82) is 5.26 Å². The maximum Gasteiger partial charge on any atom is 0.120 e. The third-order valence-electron chi connectivity index (χ3n) is 2.28. The zero-order valence-electron chi connectivity index (χ0n) is 8.69. The predicted octanol–water partition coefficient (Wildman–Crippen LogP) is 3.29. The lowest BCUT2D eigenvalue weighted by molar-refractivity contribution is 0.0943. The first-order chi connectivity index (χ1) is 7.27. The molecule has 0 aliphatic rings. The molecule has 1 aromatic rings. The van der Waals surface area contributed by atoms with Crippen LogP contribution >= 0.6 is 11.6 Å². The van der Waals surface area contributed by atoms with Crippen LogP contribution in [0.25, 0.3) is 0 Å². The molecule has 0 saturated carbocycles. The third-order valence-corrected chi connectivity index (χ3v) is 2.59. The Bertz CT molecular complexity index is 320. The van der Waals surface area contributed by atoms with E-state index >= 15 is 0 Å². The quantitative estimate of drug-likeness (QED) is 0.718. The normalized spacial score (nSPS) is 14.2. The van der Waals surface area contributed by atoms with Crippen LogP contribution in [0.15, 0.2) is 30.3 Å². The van der Waals surface area contributed by atoms with Crippen LogP contribution in [0.3, 0.4) is 0 Å². The maximum atomic E-state index is 8.57. The van der Waals surface area contributed by atoms with Gasteiger partial charge >= 0.3 is 0 Å². The molecule has 0 aliphatic carbocycles. The van der Waals surface area contributed by atoms with Gasteiger partial charge in [-0.25, -0.2) is 0 Å². The number of benzene rings is 1. The molecule has 0 fully saturated rings. The van der Waals surface area contributed by atoms with Crippen LogP contribution < -0.4 is 0 Å². The summed E-state index contributed by atoms with van der Waals surface area (Å²) in [7, 11) is 1.67. The van der Waals surface area contributed by atoms with E-state index in [0.29, 0.717) is 6.42 Å². The maximum absolute atomic E-state index is 8.57. The van der Waals surface area contributed by atoms with E-state index in [0.717, 1.165) is 12.0 Å². The number of halogens is 1. The number of nitrogens with zero attached hydrogens (tertiary/aromatic N) is 1. The fourth-order valence-electron chi connectivity index (χ4n) is 1.45. The summed E-state index contributed by atoms with van der Waals surface area (Å²) in [5, 5.41) is 8.14. The Balaban J connectivity index is 2.54. The van der Waals surface area contributed by atoms with Gasteiger partial charge in [-0.3, -0.25) is 0 Å². The van der Waals surface area contributed by atoms with Crippen molar-refractivity contribution < 1.29 is 4.74 Å². The summed E-state index contributed by atoms with van der Waals surface area (Å²) in [5.74, 6) is 0. The van der Waals surface area contributed by atoms with Gasteiger partial charge in [0.05, 0.1) is 12.2 Å². The standard InChI is InChI=1S/C12H14ClNO/c1-15-12(8-7-11(13)9-14)10-5-3-2-4-6-10/h2-6,11-12H,7-8H2,1H3. The molecule has 0 N–H and O–H groups in total. The van der Waals surface area contributed by atoms with E-state index < -0.39 is 5.38 Å². The first-order valence-electron chi connectivity index (χ1n) is 4.89. The van der Waals surface area contributed by atoms with Crippen molar-refractivity contribution in [3.05, 3.63) is 35.9 Å². The lowest BCUT2D eigenvalue weighted by Crippen LogP contribution is -2.04. The molecule has 0 radical (unpaired) electrons. The van der Waals surface area contributed by atoms with E-state index in [1.807, 2.05) is 36.4 Å². The van der Waals surface area contributed by atoms with Crippen molar-refractivity contribution in [2.24, 2.45) is 0 Å². The second kappa shape index (κ2) is 6.44. The molecule has 3 heteroatoms. The number of rotatable bonds is 5. The van der Waals surface area contributed by atoms with Crippen LogP contribution in [0.1, 0.15) is 24.5 Å². The van der Waals surface area contributed by atoms with Crippen molar-refractivity contribution >= 4 is 11.6 Å². The van der Waals surface area contributed by atoms with Gasteiger partial charge in [0.1, 0.15) is 5.38 Å². The largest absolute Gasteiger partial charge is 0.377 e. The zero-order chi connectivity index (χ0) is 11.1. The summed E-state index contributed by atoms with van der Waals surface area (Å²) < 4.78 is 5.36. The van der Waals surface area contributed by atoms with E-state index in [4.69, 9.17) is 21.6 Å². The van der Waals surface area contributed by atoms with E-state index in [-0.39, 0.29) is 6.10 Å². The van der Waals surface area contributed by atoms with E-state index in [2.05, 4.69) is 0 Å². The van der Waals surface area contributed by atoms with Crippen LogP contribution in [-0.4, -0.2) is 12.5 Å². The average molecular weight is 224 g/mol. The van der Waals surface area contributed by atoms with Crippen LogP contribution in [-0.2, 0) is 4.74 Å². The van der Waals surface area contributed by atoms with Crippen LogP contribution in [0.2, 0.25) is 0 Å². The minimum Gasteiger partial charge on any atom is -0.377 e. The first kappa shape index (κ1) is 12.0. The highest BCUT2D eigenvalue weighted by Gasteiger charge is 2.12. The molecule has 0 bridgehead atoms. The average Bonchev–Trinajstić information content (AvgIpc) is 2.31. The third kappa shape index (κ3) is 3.91.